The van der Waals surface area contributed by atoms with E-state index in [0.717, 1.165) is 10.4 Å². The van der Waals surface area contributed by atoms with E-state index in [-0.39, 0.29) is 31.6 Å². The number of methoxy groups -OCH3 is 1. The number of nitrogens with one attached hydrogen (secondary N) is 1. The molecule has 1 fully saturated rings. The van der Waals surface area contributed by atoms with Crippen LogP contribution in [0.1, 0.15) is 17.3 Å². The first-order valence-corrected chi connectivity index (χ1v) is 11.4. The molecule has 1 N–H and O–H groups in total. The molecule has 0 unspecified atom stereocenters. The van der Waals surface area contributed by atoms with E-state index in [2.05, 4.69) is 5.32 Å². The summed E-state index contributed by atoms with van der Waals surface area (Å²) in [6.07, 6.45) is 0. The van der Waals surface area contributed by atoms with E-state index in [1.54, 1.807) is 11.8 Å². The first-order valence-electron chi connectivity index (χ1n) is 9.64. The molecule has 0 spiro atoms. The number of piperazine rings is 1. The zero-order chi connectivity index (χ0) is 21.5. The predicted octanol–water partition coefficient (Wildman–Crippen LogP) is 2.38. The van der Waals surface area contributed by atoms with Gasteiger partial charge in [-0.2, -0.15) is 0 Å². The molecular weight excluding hydrogens is 426 g/mol. The Morgan fingerprint density at radius 3 is 2.57 bits per heavy atom. The zero-order valence-electron chi connectivity index (χ0n) is 17.0. The molecule has 2 aromatic rings. The summed E-state index contributed by atoms with van der Waals surface area (Å²) in [5.41, 5.74) is 1.17. The normalized spacial score (nSPS) is 14.5. The van der Waals surface area contributed by atoms with Gasteiger partial charge in [-0.15, -0.1) is 22.7 Å². The summed E-state index contributed by atoms with van der Waals surface area (Å²) < 4.78 is 10.1. The van der Waals surface area contributed by atoms with Gasteiger partial charge in [0.25, 0.3) is 0 Å². The van der Waals surface area contributed by atoms with E-state index in [9.17, 15) is 14.4 Å². The molecule has 162 valence electrons. The van der Waals surface area contributed by atoms with Crippen LogP contribution in [0.4, 0.5) is 5.00 Å². The molecule has 0 radical (unpaired) electrons. The molecule has 3 heterocycles. The SMILES string of the molecule is CCOC(=O)c1c(-c2cccs2)csc1NC(=O)CN1CCN(C(=O)COC)CC1. The summed E-state index contributed by atoms with van der Waals surface area (Å²) in [5.74, 6) is -0.681. The Balaban J connectivity index is 1.63. The lowest BCUT2D eigenvalue weighted by Crippen LogP contribution is -2.51. The molecular formula is C20H25N3O5S2. The molecule has 0 aromatic carbocycles. The van der Waals surface area contributed by atoms with Gasteiger partial charge >= 0.3 is 5.97 Å². The van der Waals surface area contributed by atoms with Crippen molar-refractivity contribution >= 4 is 45.5 Å². The van der Waals surface area contributed by atoms with Gasteiger partial charge in [0.1, 0.15) is 17.2 Å². The number of esters is 1. The minimum atomic E-state index is -0.442. The van der Waals surface area contributed by atoms with E-state index < -0.39 is 5.97 Å². The van der Waals surface area contributed by atoms with Gasteiger partial charge in [-0.25, -0.2) is 4.79 Å². The van der Waals surface area contributed by atoms with Crippen LogP contribution in [0.25, 0.3) is 10.4 Å². The number of carbonyl (C=O) groups is 3. The predicted molar refractivity (Wildman–Crippen MR) is 117 cm³/mol. The first-order chi connectivity index (χ1) is 14.5. The summed E-state index contributed by atoms with van der Waals surface area (Å²) >= 11 is 2.85. The Morgan fingerprint density at radius 1 is 1.17 bits per heavy atom. The third-order valence-corrected chi connectivity index (χ3v) is 6.47. The van der Waals surface area contributed by atoms with Crippen LogP contribution in [0.15, 0.2) is 22.9 Å². The van der Waals surface area contributed by atoms with Crippen LogP contribution in [0.3, 0.4) is 0 Å². The quantitative estimate of drug-likeness (QED) is 0.620. The summed E-state index contributed by atoms with van der Waals surface area (Å²) in [6, 6.07) is 3.85. The van der Waals surface area contributed by atoms with Gasteiger partial charge in [-0.1, -0.05) is 6.07 Å². The van der Waals surface area contributed by atoms with Crippen molar-refractivity contribution in [3.63, 3.8) is 0 Å². The Kier molecular flexibility index (Phi) is 7.97. The average molecular weight is 452 g/mol. The monoisotopic (exact) mass is 451 g/mol. The highest BCUT2D eigenvalue weighted by atomic mass is 32.1. The van der Waals surface area contributed by atoms with Gasteiger partial charge in [0.15, 0.2) is 0 Å². The Labute approximate surface area is 183 Å². The lowest BCUT2D eigenvalue weighted by atomic mass is 10.1. The van der Waals surface area contributed by atoms with Crippen LogP contribution in [0.2, 0.25) is 0 Å². The average Bonchev–Trinajstić information content (AvgIpc) is 3.38. The number of ether oxygens (including phenoxy) is 2. The third kappa shape index (κ3) is 5.45. The highest BCUT2D eigenvalue weighted by Crippen LogP contribution is 2.38. The highest BCUT2D eigenvalue weighted by Gasteiger charge is 2.25. The van der Waals surface area contributed by atoms with Crippen LogP contribution in [0.5, 0.6) is 0 Å². The molecule has 0 aliphatic carbocycles. The van der Waals surface area contributed by atoms with Gasteiger partial charge in [0.05, 0.1) is 13.2 Å². The molecule has 1 aliphatic heterocycles. The van der Waals surface area contributed by atoms with Crippen LogP contribution in [-0.2, 0) is 19.1 Å². The number of rotatable bonds is 8. The van der Waals surface area contributed by atoms with Gasteiger partial charge < -0.3 is 19.7 Å². The second-order valence-corrected chi connectivity index (χ2v) is 8.52. The molecule has 30 heavy (non-hydrogen) atoms. The molecule has 0 atom stereocenters. The molecule has 2 amide bonds. The molecule has 10 heteroatoms. The summed E-state index contributed by atoms with van der Waals surface area (Å²) in [5, 5.41) is 7.18. The van der Waals surface area contributed by atoms with Crippen molar-refractivity contribution in [2.45, 2.75) is 6.92 Å². The van der Waals surface area contributed by atoms with E-state index in [0.29, 0.717) is 36.7 Å². The zero-order valence-corrected chi connectivity index (χ0v) is 18.6. The fourth-order valence-corrected chi connectivity index (χ4v) is 5.00. The first kappa shape index (κ1) is 22.4. The second-order valence-electron chi connectivity index (χ2n) is 6.69. The summed E-state index contributed by atoms with van der Waals surface area (Å²) in [4.78, 5) is 41.7. The molecule has 8 nitrogen and oxygen atoms in total. The van der Waals surface area contributed by atoms with Crippen LogP contribution in [0, 0.1) is 0 Å². The van der Waals surface area contributed by atoms with E-state index in [1.165, 1.54) is 29.8 Å². The highest BCUT2D eigenvalue weighted by molar-refractivity contribution is 7.17. The molecule has 1 aliphatic rings. The smallest absolute Gasteiger partial charge is 0.341 e. The maximum Gasteiger partial charge on any atom is 0.341 e. The van der Waals surface area contributed by atoms with Crippen molar-refractivity contribution in [3.05, 3.63) is 28.5 Å². The van der Waals surface area contributed by atoms with Crippen molar-refractivity contribution < 1.29 is 23.9 Å². The summed E-state index contributed by atoms with van der Waals surface area (Å²) in [7, 11) is 1.50. The molecule has 3 rings (SSSR count). The maximum absolute atomic E-state index is 12.6. The number of thiophene rings is 2. The van der Waals surface area contributed by atoms with Crippen molar-refractivity contribution in [1.82, 2.24) is 9.80 Å². The van der Waals surface area contributed by atoms with Crippen molar-refractivity contribution in [2.24, 2.45) is 0 Å². The number of hydrogen-bond donors (Lipinski definition) is 1. The lowest BCUT2D eigenvalue weighted by molar-refractivity contribution is -0.137. The molecule has 0 bridgehead atoms. The molecule has 2 aromatic heterocycles. The number of carbonyl (C=O) groups excluding carboxylic acids is 3. The fourth-order valence-electron chi connectivity index (χ4n) is 3.21. The Morgan fingerprint density at radius 2 is 1.93 bits per heavy atom. The second kappa shape index (κ2) is 10.7. The van der Waals surface area contributed by atoms with Gasteiger partial charge in [-0.05, 0) is 18.4 Å². The topological polar surface area (TPSA) is 88.2 Å². The minimum Gasteiger partial charge on any atom is -0.462 e. The summed E-state index contributed by atoms with van der Waals surface area (Å²) in [6.45, 7) is 4.62. The van der Waals surface area contributed by atoms with E-state index in [1.807, 2.05) is 27.8 Å². The Hall–Kier alpha value is -2.27. The van der Waals surface area contributed by atoms with Crippen LogP contribution < -0.4 is 5.32 Å². The molecule has 0 saturated carbocycles. The molecule has 1 saturated heterocycles. The fraction of sp³-hybridized carbons (Fsp3) is 0.450. The largest absolute Gasteiger partial charge is 0.462 e. The standard InChI is InChI=1S/C20H25N3O5S2/c1-3-28-20(26)18-14(15-5-4-10-29-15)13-30-19(18)21-16(24)11-22-6-8-23(9-7-22)17(25)12-27-2/h4-5,10,13H,3,6-9,11-12H2,1-2H3,(H,21,24). The number of hydrogen-bond acceptors (Lipinski definition) is 8. The van der Waals surface area contributed by atoms with E-state index >= 15 is 0 Å². The van der Waals surface area contributed by atoms with Gasteiger partial charge in [0, 0.05) is 49.1 Å². The minimum absolute atomic E-state index is 0.0413. The van der Waals surface area contributed by atoms with Crippen molar-refractivity contribution in [3.8, 4) is 10.4 Å². The van der Waals surface area contributed by atoms with E-state index in [4.69, 9.17) is 9.47 Å². The number of nitrogens with zero attached hydrogens (tertiary/aromatic N) is 2. The number of anilines is 1. The third-order valence-electron chi connectivity index (χ3n) is 4.67. The lowest BCUT2D eigenvalue weighted by Gasteiger charge is -2.34. The van der Waals surface area contributed by atoms with Gasteiger partial charge in [-0.3, -0.25) is 14.5 Å². The Bertz CT molecular complexity index is 873. The maximum atomic E-state index is 12.6. The van der Waals surface area contributed by atoms with Gasteiger partial charge in [0.2, 0.25) is 11.8 Å². The van der Waals surface area contributed by atoms with Crippen molar-refractivity contribution in [1.29, 1.82) is 0 Å². The van der Waals surface area contributed by atoms with Crippen LogP contribution >= 0.6 is 22.7 Å². The number of amides is 2. The van der Waals surface area contributed by atoms with Crippen LogP contribution in [-0.4, -0.2) is 80.6 Å². The van der Waals surface area contributed by atoms with Crippen molar-refractivity contribution in [2.75, 3.05) is 58.4 Å².